The van der Waals surface area contributed by atoms with Crippen molar-refractivity contribution in [2.45, 2.75) is 13.1 Å². The minimum atomic E-state index is -4.55. The largest absolute Gasteiger partial charge is 0.452 e. The summed E-state index contributed by atoms with van der Waals surface area (Å²) in [5, 5.41) is 6.15. The Morgan fingerprint density at radius 3 is 2.40 bits per heavy atom. The number of carbonyl (C=O) groups excluding carboxylic acids is 2. The first-order valence-corrected chi connectivity index (χ1v) is 8.96. The molecule has 0 saturated carbocycles. The van der Waals surface area contributed by atoms with E-state index in [2.05, 4.69) is 5.10 Å². The summed E-state index contributed by atoms with van der Waals surface area (Å²) in [6, 6.07) is 16.4. The van der Waals surface area contributed by atoms with Crippen molar-refractivity contribution in [2.24, 2.45) is 0 Å². The van der Waals surface area contributed by atoms with E-state index in [4.69, 9.17) is 4.74 Å². The predicted octanol–water partition coefficient (Wildman–Crippen LogP) is 3.68. The molecular formula is C21H18F3N3O3. The Morgan fingerprint density at radius 1 is 1.07 bits per heavy atom. The highest BCUT2D eigenvalue weighted by Gasteiger charge is 2.28. The molecule has 0 aliphatic heterocycles. The van der Waals surface area contributed by atoms with Crippen LogP contribution in [0, 0.1) is 6.92 Å². The zero-order chi connectivity index (χ0) is 21.7. The Hall–Kier alpha value is -3.62. The maximum Gasteiger partial charge on any atom is 0.405 e. The normalized spacial score (nSPS) is 11.2. The third-order valence-corrected chi connectivity index (χ3v) is 4.18. The Bertz CT molecular complexity index is 1050. The molecule has 1 N–H and O–H groups in total. The maximum atomic E-state index is 12.6. The van der Waals surface area contributed by atoms with Gasteiger partial charge in [-0.15, -0.1) is 0 Å². The third-order valence-electron chi connectivity index (χ3n) is 4.18. The molecule has 3 rings (SSSR count). The second-order valence-corrected chi connectivity index (χ2v) is 6.45. The van der Waals surface area contributed by atoms with Crippen LogP contribution in [0.15, 0.2) is 60.8 Å². The topological polar surface area (TPSA) is 73.2 Å². The molecule has 1 aromatic heterocycles. The first kappa shape index (κ1) is 21.1. The third kappa shape index (κ3) is 5.25. The number of alkyl halides is 3. The van der Waals surface area contributed by atoms with Crippen LogP contribution < -0.4 is 5.32 Å². The predicted molar refractivity (Wildman–Crippen MR) is 103 cm³/mol. The second-order valence-electron chi connectivity index (χ2n) is 6.45. The number of aromatic nitrogens is 2. The van der Waals surface area contributed by atoms with Gasteiger partial charge < -0.3 is 10.1 Å². The molecule has 0 spiro atoms. The molecule has 6 nitrogen and oxygen atoms in total. The van der Waals surface area contributed by atoms with Gasteiger partial charge in [-0.1, -0.05) is 42.5 Å². The fraction of sp³-hybridized carbons (Fsp3) is 0.190. The molecule has 1 amide bonds. The van der Waals surface area contributed by atoms with Crippen molar-refractivity contribution in [3.05, 3.63) is 71.9 Å². The monoisotopic (exact) mass is 417 g/mol. The number of halogens is 3. The van der Waals surface area contributed by atoms with Gasteiger partial charge in [-0.25, -0.2) is 9.48 Å². The zero-order valence-corrected chi connectivity index (χ0v) is 15.9. The van der Waals surface area contributed by atoms with Crippen molar-refractivity contribution in [2.75, 3.05) is 13.2 Å². The lowest BCUT2D eigenvalue weighted by Gasteiger charge is -2.09. The van der Waals surface area contributed by atoms with Gasteiger partial charge in [-0.05, 0) is 24.6 Å². The van der Waals surface area contributed by atoms with Gasteiger partial charge >= 0.3 is 12.1 Å². The van der Waals surface area contributed by atoms with Gasteiger partial charge in [-0.2, -0.15) is 18.3 Å². The van der Waals surface area contributed by atoms with Crippen LogP contribution in [-0.4, -0.2) is 41.0 Å². The fourth-order valence-electron chi connectivity index (χ4n) is 2.73. The van der Waals surface area contributed by atoms with Crippen LogP contribution in [0.25, 0.3) is 16.9 Å². The molecule has 0 aliphatic rings. The molecule has 3 aromatic rings. The molecule has 0 atom stereocenters. The van der Waals surface area contributed by atoms with Crippen LogP contribution in [0.4, 0.5) is 13.2 Å². The molecular weight excluding hydrogens is 399 g/mol. The highest BCUT2D eigenvalue weighted by atomic mass is 19.4. The first-order valence-electron chi connectivity index (χ1n) is 8.96. The number of rotatable bonds is 6. The van der Waals surface area contributed by atoms with E-state index in [1.807, 2.05) is 37.3 Å². The number of nitrogens with zero attached hydrogens (tertiary/aromatic N) is 2. The molecule has 2 aromatic carbocycles. The van der Waals surface area contributed by atoms with E-state index >= 15 is 0 Å². The molecule has 1 heterocycles. The molecule has 0 radical (unpaired) electrons. The van der Waals surface area contributed by atoms with Gasteiger partial charge in [0, 0.05) is 11.8 Å². The number of ether oxygens (including phenoxy) is 1. The van der Waals surface area contributed by atoms with E-state index in [1.165, 1.54) is 10.9 Å². The Morgan fingerprint density at radius 2 is 1.73 bits per heavy atom. The number of hydrogen-bond acceptors (Lipinski definition) is 4. The van der Waals surface area contributed by atoms with Crippen LogP contribution in [0.5, 0.6) is 0 Å². The molecule has 0 fully saturated rings. The van der Waals surface area contributed by atoms with E-state index in [1.54, 1.807) is 29.6 Å². The summed E-state index contributed by atoms with van der Waals surface area (Å²) in [5.74, 6) is -1.91. The lowest BCUT2D eigenvalue weighted by atomic mass is 10.0. The standard InChI is InChI=1S/C21H18F3N3O3/c1-14-7-5-6-10-16(14)19-17(11-27(26-19)15-8-3-2-4-9-15)20(29)30-12-18(28)25-13-21(22,23)24/h2-11H,12-13H2,1H3,(H,25,28). The fourth-order valence-corrected chi connectivity index (χ4v) is 2.73. The van der Waals surface area contributed by atoms with Crippen molar-refractivity contribution in [3.63, 3.8) is 0 Å². The second kappa shape index (κ2) is 8.81. The number of carbonyl (C=O) groups is 2. The minimum Gasteiger partial charge on any atom is -0.452 e. The molecule has 0 bridgehead atoms. The summed E-state index contributed by atoms with van der Waals surface area (Å²) in [4.78, 5) is 24.2. The molecule has 0 saturated heterocycles. The highest BCUT2D eigenvalue weighted by Crippen LogP contribution is 2.27. The number of amides is 1. The quantitative estimate of drug-likeness (QED) is 0.621. The Labute approximate surface area is 170 Å². The summed E-state index contributed by atoms with van der Waals surface area (Å²) in [6.07, 6.45) is -3.08. The van der Waals surface area contributed by atoms with Crippen molar-refractivity contribution < 1.29 is 27.5 Å². The molecule has 156 valence electrons. The highest BCUT2D eigenvalue weighted by molar-refractivity contribution is 5.97. The lowest BCUT2D eigenvalue weighted by molar-refractivity contribution is -0.140. The average molecular weight is 417 g/mol. The van der Waals surface area contributed by atoms with Crippen LogP contribution in [-0.2, 0) is 9.53 Å². The van der Waals surface area contributed by atoms with Gasteiger partial charge in [0.05, 0.1) is 5.69 Å². The van der Waals surface area contributed by atoms with Crippen molar-refractivity contribution in [1.82, 2.24) is 15.1 Å². The van der Waals surface area contributed by atoms with Crippen molar-refractivity contribution in [1.29, 1.82) is 0 Å². The maximum absolute atomic E-state index is 12.6. The van der Waals surface area contributed by atoms with Gasteiger partial charge in [0.15, 0.2) is 6.61 Å². The molecule has 0 aliphatic carbocycles. The van der Waals surface area contributed by atoms with Gasteiger partial charge in [0.1, 0.15) is 17.8 Å². The van der Waals surface area contributed by atoms with Crippen LogP contribution in [0.2, 0.25) is 0 Å². The van der Waals surface area contributed by atoms with Gasteiger partial charge in [-0.3, -0.25) is 4.79 Å². The van der Waals surface area contributed by atoms with E-state index in [9.17, 15) is 22.8 Å². The summed E-state index contributed by atoms with van der Waals surface area (Å²) < 4.78 is 43.0. The van der Waals surface area contributed by atoms with Crippen molar-refractivity contribution >= 4 is 11.9 Å². The van der Waals surface area contributed by atoms with E-state index < -0.39 is 31.2 Å². The van der Waals surface area contributed by atoms with E-state index in [-0.39, 0.29) is 5.56 Å². The van der Waals surface area contributed by atoms with Crippen LogP contribution in [0.1, 0.15) is 15.9 Å². The minimum absolute atomic E-state index is 0.0942. The van der Waals surface area contributed by atoms with Crippen LogP contribution in [0.3, 0.4) is 0 Å². The zero-order valence-electron chi connectivity index (χ0n) is 15.9. The summed E-state index contributed by atoms with van der Waals surface area (Å²) in [6.45, 7) is -0.473. The van der Waals surface area contributed by atoms with E-state index in [0.717, 1.165) is 5.56 Å². The van der Waals surface area contributed by atoms with E-state index in [0.29, 0.717) is 16.9 Å². The Balaban J connectivity index is 1.85. The average Bonchev–Trinajstić information content (AvgIpc) is 3.16. The number of benzene rings is 2. The SMILES string of the molecule is Cc1ccccc1-c1nn(-c2ccccc2)cc1C(=O)OCC(=O)NCC(F)(F)F. The molecule has 9 heteroatoms. The summed E-state index contributed by atoms with van der Waals surface area (Å²) in [5.41, 5.74) is 2.71. The first-order chi connectivity index (χ1) is 14.2. The summed E-state index contributed by atoms with van der Waals surface area (Å²) >= 11 is 0. The van der Waals surface area contributed by atoms with Gasteiger partial charge in [0.2, 0.25) is 0 Å². The lowest BCUT2D eigenvalue weighted by Crippen LogP contribution is -2.36. The smallest absolute Gasteiger partial charge is 0.405 e. The van der Waals surface area contributed by atoms with Crippen LogP contribution >= 0.6 is 0 Å². The molecule has 30 heavy (non-hydrogen) atoms. The molecule has 0 unspecified atom stereocenters. The number of hydrogen-bond donors (Lipinski definition) is 1. The van der Waals surface area contributed by atoms with Crippen molar-refractivity contribution in [3.8, 4) is 16.9 Å². The van der Waals surface area contributed by atoms with Gasteiger partial charge in [0.25, 0.3) is 5.91 Å². The summed E-state index contributed by atoms with van der Waals surface area (Å²) in [7, 11) is 0. The number of esters is 1. The Kier molecular flexibility index (Phi) is 6.20. The number of para-hydroxylation sites is 1. The number of aryl methyl sites for hydroxylation is 1. The number of nitrogens with one attached hydrogen (secondary N) is 1.